The molecule has 3 rings (SSSR count). The molecule has 0 spiro atoms. The summed E-state index contributed by atoms with van der Waals surface area (Å²) < 4.78 is 13.4. The summed E-state index contributed by atoms with van der Waals surface area (Å²) in [7, 11) is 0. The highest BCUT2D eigenvalue weighted by molar-refractivity contribution is 6.38. The van der Waals surface area contributed by atoms with Crippen molar-refractivity contribution < 1.29 is 28.4 Å². The highest BCUT2D eigenvalue weighted by Crippen LogP contribution is 2.25. The van der Waals surface area contributed by atoms with Gasteiger partial charge in [0.1, 0.15) is 11.9 Å². The highest BCUT2D eigenvalue weighted by atomic mass is 19.1. The molecule has 1 saturated heterocycles. The number of hydrogen-bond acceptors (Lipinski definition) is 5. The molecule has 1 aromatic carbocycles. The summed E-state index contributed by atoms with van der Waals surface area (Å²) in [5, 5.41) is 10.9. The van der Waals surface area contributed by atoms with E-state index >= 15 is 0 Å². The Morgan fingerprint density at radius 3 is 2.23 bits per heavy atom. The van der Waals surface area contributed by atoms with E-state index < -0.39 is 35.6 Å². The number of ketones is 1. The third-order valence-corrected chi connectivity index (χ3v) is 7.19. The lowest BCUT2D eigenvalue weighted by atomic mass is 9.87. The molecule has 1 aliphatic heterocycles. The van der Waals surface area contributed by atoms with Gasteiger partial charge in [-0.2, -0.15) is 0 Å². The lowest BCUT2D eigenvalue weighted by Gasteiger charge is -2.28. The maximum absolute atomic E-state index is 13.5. The molecule has 1 heterocycles. The van der Waals surface area contributed by atoms with Crippen molar-refractivity contribution in [3.63, 3.8) is 0 Å². The number of amides is 4. The molecular formula is C29H41FN4O5. The Balaban J connectivity index is 1.73. The van der Waals surface area contributed by atoms with Gasteiger partial charge in [-0.15, -0.1) is 0 Å². The van der Waals surface area contributed by atoms with Gasteiger partial charge in [0.15, 0.2) is 0 Å². The molecule has 4 amide bonds. The van der Waals surface area contributed by atoms with E-state index in [9.17, 15) is 28.4 Å². The molecule has 10 heteroatoms. The van der Waals surface area contributed by atoms with E-state index in [0.29, 0.717) is 19.4 Å². The van der Waals surface area contributed by atoms with Crippen LogP contribution in [-0.2, 0) is 24.0 Å². The van der Waals surface area contributed by atoms with Gasteiger partial charge in [0, 0.05) is 24.9 Å². The van der Waals surface area contributed by atoms with Crippen molar-refractivity contribution in [3.8, 4) is 0 Å². The maximum Gasteiger partial charge on any atom is 0.289 e. The third kappa shape index (κ3) is 9.44. The van der Waals surface area contributed by atoms with E-state index in [2.05, 4.69) is 21.3 Å². The predicted octanol–water partition coefficient (Wildman–Crippen LogP) is 2.49. The lowest BCUT2D eigenvalue weighted by Crippen LogP contribution is -2.55. The second-order valence-electron chi connectivity index (χ2n) is 11.9. The van der Waals surface area contributed by atoms with Crippen LogP contribution in [0.15, 0.2) is 24.3 Å². The van der Waals surface area contributed by atoms with Crippen molar-refractivity contribution in [3.05, 3.63) is 35.6 Å². The van der Waals surface area contributed by atoms with Gasteiger partial charge in [0.05, 0.1) is 6.04 Å². The molecule has 4 N–H and O–H groups in total. The maximum atomic E-state index is 13.5. The van der Waals surface area contributed by atoms with E-state index in [-0.39, 0.29) is 54.3 Å². The fraction of sp³-hybridized carbons (Fsp3) is 0.621. The molecular weight excluding hydrogens is 503 g/mol. The molecule has 1 unspecified atom stereocenters. The van der Waals surface area contributed by atoms with Crippen LogP contribution in [0.2, 0.25) is 0 Å². The number of nitrogens with one attached hydrogen (secondary N) is 4. The summed E-state index contributed by atoms with van der Waals surface area (Å²) in [5.41, 5.74) is 0.484. The first-order valence-corrected chi connectivity index (χ1v) is 13.8. The summed E-state index contributed by atoms with van der Waals surface area (Å²) >= 11 is 0. The Labute approximate surface area is 229 Å². The van der Waals surface area contributed by atoms with Crippen LogP contribution >= 0.6 is 0 Å². The minimum atomic E-state index is -1.19. The summed E-state index contributed by atoms with van der Waals surface area (Å²) in [4.78, 5) is 64.4. The Hall–Kier alpha value is -3.30. The molecule has 4 atom stereocenters. The number of halogens is 1. The van der Waals surface area contributed by atoms with E-state index in [4.69, 9.17) is 0 Å². The fourth-order valence-electron chi connectivity index (χ4n) is 4.83. The lowest BCUT2D eigenvalue weighted by molar-refractivity contribution is -0.141. The van der Waals surface area contributed by atoms with Crippen molar-refractivity contribution >= 4 is 29.4 Å². The smallest absolute Gasteiger partial charge is 0.289 e. The minimum Gasteiger partial charge on any atom is -0.356 e. The van der Waals surface area contributed by atoms with Crippen LogP contribution in [0, 0.1) is 17.2 Å². The molecule has 2 fully saturated rings. The van der Waals surface area contributed by atoms with Crippen molar-refractivity contribution in [1.29, 1.82) is 0 Å². The number of hydrogen-bond donors (Lipinski definition) is 4. The van der Waals surface area contributed by atoms with Crippen molar-refractivity contribution in [2.45, 2.75) is 96.7 Å². The first-order chi connectivity index (χ1) is 18.4. The number of rotatable bonds is 13. The zero-order valence-corrected chi connectivity index (χ0v) is 23.3. The Morgan fingerprint density at radius 1 is 1.03 bits per heavy atom. The molecule has 0 radical (unpaired) electrons. The Morgan fingerprint density at radius 2 is 1.69 bits per heavy atom. The summed E-state index contributed by atoms with van der Waals surface area (Å²) in [6.07, 6.45) is 3.15. The van der Waals surface area contributed by atoms with Crippen molar-refractivity contribution in [1.82, 2.24) is 21.3 Å². The number of carbonyl (C=O) groups excluding carboxylic acids is 5. The Bertz CT molecular complexity index is 1060. The van der Waals surface area contributed by atoms with E-state index in [1.165, 1.54) is 12.1 Å². The number of carbonyl (C=O) groups is 5. The van der Waals surface area contributed by atoms with Crippen LogP contribution in [0.25, 0.3) is 0 Å². The van der Waals surface area contributed by atoms with Gasteiger partial charge >= 0.3 is 0 Å². The zero-order chi connectivity index (χ0) is 28.7. The van der Waals surface area contributed by atoms with Crippen LogP contribution in [-0.4, -0.2) is 54.1 Å². The molecule has 214 valence electrons. The van der Waals surface area contributed by atoms with Crippen LogP contribution in [0.4, 0.5) is 4.39 Å². The van der Waals surface area contributed by atoms with E-state index in [1.807, 2.05) is 27.7 Å². The fourth-order valence-corrected chi connectivity index (χ4v) is 4.83. The molecule has 0 bridgehead atoms. The average Bonchev–Trinajstić information content (AvgIpc) is 3.59. The van der Waals surface area contributed by atoms with Crippen LogP contribution in [0.5, 0.6) is 0 Å². The van der Waals surface area contributed by atoms with Gasteiger partial charge in [-0.3, -0.25) is 24.0 Å². The second kappa shape index (κ2) is 13.2. The topological polar surface area (TPSA) is 133 Å². The van der Waals surface area contributed by atoms with Gasteiger partial charge in [0.2, 0.25) is 23.5 Å². The standard InChI is InChI=1S/C29H41FN4O5/c1-5-17(18-6-8-20(30)9-7-18)15-24(35)33-23(16-29(2,3)4)27(38)34-22(14-19-12-13-31-26(19)37)25(36)28(39)32-21-10-11-21/h6-9,17,19,21-23H,5,10-16H2,1-4H3,(H,31,37)(H,32,39)(H,33,35)(H,34,38)/t17-,19-,22?,23-/m0/s1. The van der Waals surface area contributed by atoms with Gasteiger partial charge < -0.3 is 21.3 Å². The normalized spacial score (nSPS) is 19.4. The molecule has 1 saturated carbocycles. The van der Waals surface area contributed by atoms with Gasteiger partial charge in [-0.1, -0.05) is 39.8 Å². The molecule has 39 heavy (non-hydrogen) atoms. The minimum absolute atomic E-state index is 0.00710. The second-order valence-corrected chi connectivity index (χ2v) is 11.9. The first kappa shape index (κ1) is 30.2. The average molecular weight is 545 g/mol. The van der Waals surface area contributed by atoms with Crippen LogP contribution < -0.4 is 21.3 Å². The molecule has 1 aromatic rings. The molecule has 1 aliphatic carbocycles. The Kier molecular flexibility index (Phi) is 10.2. The SMILES string of the molecule is CC[C@@H](CC(=O)N[C@@H](CC(C)(C)C)C(=O)NC(C[C@@H]1CCNC1=O)C(=O)C(=O)NC1CC1)c1ccc(F)cc1. The predicted molar refractivity (Wildman–Crippen MR) is 144 cm³/mol. The summed E-state index contributed by atoms with van der Waals surface area (Å²) in [6.45, 7) is 8.20. The highest BCUT2D eigenvalue weighted by Gasteiger charge is 2.37. The van der Waals surface area contributed by atoms with Gasteiger partial charge in [0.25, 0.3) is 5.91 Å². The van der Waals surface area contributed by atoms with Gasteiger partial charge in [-0.25, -0.2) is 4.39 Å². The van der Waals surface area contributed by atoms with E-state index in [0.717, 1.165) is 18.4 Å². The van der Waals surface area contributed by atoms with E-state index in [1.54, 1.807) is 12.1 Å². The third-order valence-electron chi connectivity index (χ3n) is 7.19. The molecule has 2 aliphatic rings. The monoisotopic (exact) mass is 544 g/mol. The summed E-state index contributed by atoms with van der Waals surface area (Å²) in [5.74, 6) is -3.72. The largest absolute Gasteiger partial charge is 0.356 e. The zero-order valence-electron chi connectivity index (χ0n) is 23.3. The summed E-state index contributed by atoms with van der Waals surface area (Å²) in [6, 6.07) is 3.83. The quantitative estimate of drug-likeness (QED) is 0.283. The van der Waals surface area contributed by atoms with Crippen LogP contribution in [0.1, 0.15) is 84.1 Å². The number of benzene rings is 1. The van der Waals surface area contributed by atoms with Gasteiger partial charge in [-0.05, 0) is 67.6 Å². The van der Waals surface area contributed by atoms with Crippen LogP contribution in [0.3, 0.4) is 0 Å². The molecule has 0 aromatic heterocycles. The molecule has 9 nitrogen and oxygen atoms in total. The number of Topliss-reactive ketones (excluding diaryl/α,β-unsaturated/α-hetero) is 1. The first-order valence-electron chi connectivity index (χ1n) is 13.8. The van der Waals surface area contributed by atoms with Crippen molar-refractivity contribution in [2.24, 2.45) is 11.3 Å². The van der Waals surface area contributed by atoms with Crippen molar-refractivity contribution in [2.75, 3.05) is 6.54 Å².